The minimum Gasteiger partial charge on any atom is -0.352 e. The second-order valence-electron chi connectivity index (χ2n) is 4.39. The van der Waals surface area contributed by atoms with E-state index in [0.29, 0.717) is 6.54 Å². The van der Waals surface area contributed by atoms with Crippen LogP contribution in [0.3, 0.4) is 0 Å². The summed E-state index contributed by atoms with van der Waals surface area (Å²) in [7, 11) is 0. The fourth-order valence-corrected chi connectivity index (χ4v) is 1.84. The van der Waals surface area contributed by atoms with Crippen LogP contribution in [-0.4, -0.2) is 18.4 Å². The molecule has 102 valence electrons. The molecular formula is C15H20N2O2. The molecule has 0 aliphatic carbocycles. The quantitative estimate of drug-likeness (QED) is 0.767. The Morgan fingerprint density at radius 1 is 1.37 bits per heavy atom. The highest BCUT2D eigenvalue weighted by molar-refractivity contribution is 5.87. The third-order valence-corrected chi connectivity index (χ3v) is 2.87. The van der Waals surface area contributed by atoms with E-state index < -0.39 is 0 Å². The second kappa shape index (κ2) is 7.36. The number of rotatable bonds is 6. The molecule has 19 heavy (non-hydrogen) atoms. The van der Waals surface area contributed by atoms with Gasteiger partial charge in [-0.05, 0) is 31.1 Å². The van der Waals surface area contributed by atoms with Crippen LogP contribution in [0.15, 0.2) is 36.9 Å². The Kier molecular flexibility index (Phi) is 5.79. The van der Waals surface area contributed by atoms with Crippen molar-refractivity contribution in [2.24, 2.45) is 0 Å². The maximum atomic E-state index is 11.7. The summed E-state index contributed by atoms with van der Waals surface area (Å²) >= 11 is 0. The zero-order valence-electron chi connectivity index (χ0n) is 11.4. The van der Waals surface area contributed by atoms with Crippen LogP contribution in [0.2, 0.25) is 0 Å². The van der Waals surface area contributed by atoms with Gasteiger partial charge in [-0.3, -0.25) is 9.59 Å². The SMILES string of the molecule is C=CC(=O)NCCC(=O)N[C@@H](C)c1ccccc1C. The van der Waals surface area contributed by atoms with E-state index >= 15 is 0 Å². The van der Waals surface area contributed by atoms with Crippen molar-refractivity contribution in [1.82, 2.24) is 10.6 Å². The lowest BCUT2D eigenvalue weighted by Gasteiger charge is -2.16. The zero-order valence-corrected chi connectivity index (χ0v) is 11.4. The third-order valence-electron chi connectivity index (χ3n) is 2.87. The van der Waals surface area contributed by atoms with Crippen LogP contribution in [0.5, 0.6) is 0 Å². The van der Waals surface area contributed by atoms with Gasteiger partial charge in [0.2, 0.25) is 11.8 Å². The summed E-state index contributed by atoms with van der Waals surface area (Å²) in [6.45, 7) is 7.62. The molecule has 0 aliphatic heterocycles. The fraction of sp³-hybridized carbons (Fsp3) is 0.333. The minimum absolute atomic E-state index is 0.0381. The molecule has 0 fully saturated rings. The highest BCUT2D eigenvalue weighted by Gasteiger charge is 2.10. The molecule has 1 rings (SSSR count). The molecule has 1 aromatic rings. The first-order valence-electron chi connectivity index (χ1n) is 6.29. The van der Waals surface area contributed by atoms with E-state index in [-0.39, 0.29) is 24.3 Å². The van der Waals surface area contributed by atoms with Gasteiger partial charge in [-0.1, -0.05) is 30.8 Å². The molecule has 4 heteroatoms. The smallest absolute Gasteiger partial charge is 0.243 e. The summed E-state index contributed by atoms with van der Waals surface area (Å²) in [5.74, 6) is -0.347. The van der Waals surface area contributed by atoms with Gasteiger partial charge in [0.05, 0.1) is 6.04 Å². The summed E-state index contributed by atoms with van der Waals surface area (Å²) in [6.07, 6.45) is 1.45. The maximum absolute atomic E-state index is 11.7. The van der Waals surface area contributed by atoms with Crippen LogP contribution in [0.25, 0.3) is 0 Å². The van der Waals surface area contributed by atoms with Crippen molar-refractivity contribution < 1.29 is 9.59 Å². The Balaban J connectivity index is 2.42. The topological polar surface area (TPSA) is 58.2 Å². The van der Waals surface area contributed by atoms with E-state index in [1.165, 1.54) is 6.08 Å². The van der Waals surface area contributed by atoms with Crippen molar-refractivity contribution in [3.63, 3.8) is 0 Å². The number of hydrogen-bond donors (Lipinski definition) is 2. The highest BCUT2D eigenvalue weighted by Crippen LogP contribution is 2.16. The van der Waals surface area contributed by atoms with E-state index in [0.717, 1.165) is 11.1 Å². The Morgan fingerprint density at radius 3 is 2.68 bits per heavy atom. The van der Waals surface area contributed by atoms with E-state index in [1.54, 1.807) is 0 Å². The van der Waals surface area contributed by atoms with Crippen LogP contribution in [0, 0.1) is 6.92 Å². The molecule has 2 amide bonds. The molecule has 4 nitrogen and oxygen atoms in total. The van der Waals surface area contributed by atoms with Gasteiger partial charge in [0.1, 0.15) is 0 Å². The average molecular weight is 260 g/mol. The first-order chi connectivity index (χ1) is 9.04. The predicted octanol–water partition coefficient (Wildman–Crippen LogP) is 1.86. The first-order valence-corrected chi connectivity index (χ1v) is 6.29. The Hall–Kier alpha value is -2.10. The van der Waals surface area contributed by atoms with Gasteiger partial charge in [-0.15, -0.1) is 0 Å². The molecule has 0 spiro atoms. The lowest BCUT2D eigenvalue weighted by molar-refractivity contribution is -0.121. The van der Waals surface area contributed by atoms with Crippen molar-refractivity contribution in [1.29, 1.82) is 0 Å². The fourth-order valence-electron chi connectivity index (χ4n) is 1.84. The Labute approximate surface area is 113 Å². The largest absolute Gasteiger partial charge is 0.352 e. The first kappa shape index (κ1) is 15.0. The number of carbonyl (C=O) groups is 2. The lowest BCUT2D eigenvalue weighted by atomic mass is 10.0. The average Bonchev–Trinajstić information content (AvgIpc) is 2.38. The molecule has 1 atom stereocenters. The normalized spacial score (nSPS) is 11.5. The molecule has 0 aliphatic rings. The van der Waals surface area contributed by atoms with Gasteiger partial charge in [-0.2, -0.15) is 0 Å². The van der Waals surface area contributed by atoms with Crippen molar-refractivity contribution in [2.75, 3.05) is 6.54 Å². The summed E-state index contributed by atoms with van der Waals surface area (Å²) < 4.78 is 0. The number of amides is 2. The standard InChI is InChI=1S/C15H20N2O2/c1-4-14(18)16-10-9-15(19)17-12(3)13-8-6-5-7-11(13)2/h4-8,12H,1,9-10H2,2-3H3,(H,16,18)(H,17,19)/t12-/m0/s1. The second-order valence-corrected chi connectivity index (χ2v) is 4.39. The Bertz CT molecular complexity index is 469. The summed E-state index contributed by atoms with van der Waals surface area (Å²) in [6, 6.07) is 7.90. The predicted molar refractivity (Wildman–Crippen MR) is 75.6 cm³/mol. The number of benzene rings is 1. The van der Waals surface area contributed by atoms with E-state index in [1.807, 2.05) is 38.1 Å². The van der Waals surface area contributed by atoms with Crippen molar-refractivity contribution in [3.8, 4) is 0 Å². The monoisotopic (exact) mass is 260 g/mol. The van der Waals surface area contributed by atoms with Crippen LogP contribution in [0.4, 0.5) is 0 Å². The van der Waals surface area contributed by atoms with Crippen molar-refractivity contribution in [2.45, 2.75) is 26.3 Å². The summed E-state index contributed by atoms with van der Waals surface area (Å²) in [5.41, 5.74) is 2.25. The van der Waals surface area contributed by atoms with Crippen molar-refractivity contribution in [3.05, 3.63) is 48.0 Å². The van der Waals surface area contributed by atoms with E-state index in [4.69, 9.17) is 0 Å². The van der Waals surface area contributed by atoms with Crippen LogP contribution >= 0.6 is 0 Å². The minimum atomic E-state index is -0.264. The van der Waals surface area contributed by atoms with Gasteiger partial charge in [0.15, 0.2) is 0 Å². The van der Waals surface area contributed by atoms with Gasteiger partial charge in [0, 0.05) is 13.0 Å². The lowest BCUT2D eigenvalue weighted by Crippen LogP contribution is -2.31. The maximum Gasteiger partial charge on any atom is 0.243 e. The van der Waals surface area contributed by atoms with Crippen molar-refractivity contribution >= 4 is 11.8 Å². The molecule has 0 unspecified atom stereocenters. The van der Waals surface area contributed by atoms with Gasteiger partial charge >= 0.3 is 0 Å². The summed E-state index contributed by atoms with van der Waals surface area (Å²) in [4.78, 5) is 22.6. The number of aryl methyl sites for hydroxylation is 1. The Morgan fingerprint density at radius 2 is 2.05 bits per heavy atom. The van der Waals surface area contributed by atoms with Crippen LogP contribution in [0.1, 0.15) is 30.5 Å². The highest BCUT2D eigenvalue weighted by atomic mass is 16.2. The molecule has 0 saturated carbocycles. The van der Waals surface area contributed by atoms with Gasteiger partial charge < -0.3 is 10.6 Å². The van der Waals surface area contributed by atoms with Gasteiger partial charge in [-0.25, -0.2) is 0 Å². The molecule has 1 aromatic carbocycles. The molecule has 0 aromatic heterocycles. The number of carbonyl (C=O) groups excluding carboxylic acids is 2. The number of nitrogens with one attached hydrogen (secondary N) is 2. The number of hydrogen-bond acceptors (Lipinski definition) is 2. The van der Waals surface area contributed by atoms with Gasteiger partial charge in [0.25, 0.3) is 0 Å². The van der Waals surface area contributed by atoms with E-state index in [9.17, 15) is 9.59 Å². The van der Waals surface area contributed by atoms with E-state index in [2.05, 4.69) is 17.2 Å². The molecular weight excluding hydrogens is 240 g/mol. The molecule has 0 radical (unpaired) electrons. The third kappa shape index (κ3) is 4.95. The zero-order chi connectivity index (χ0) is 14.3. The molecule has 0 heterocycles. The molecule has 2 N–H and O–H groups in total. The van der Waals surface area contributed by atoms with Crippen LogP contribution < -0.4 is 10.6 Å². The summed E-state index contributed by atoms with van der Waals surface area (Å²) in [5, 5.41) is 5.48. The molecule has 0 saturated heterocycles. The van der Waals surface area contributed by atoms with Crippen LogP contribution in [-0.2, 0) is 9.59 Å². The molecule has 0 bridgehead atoms.